The first kappa shape index (κ1) is 18.4. The van der Waals surface area contributed by atoms with E-state index in [-0.39, 0.29) is 0 Å². The second-order valence-electron chi connectivity index (χ2n) is 6.26. The molecule has 0 radical (unpaired) electrons. The van der Waals surface area contributed by atoms with Gasteiger partial charge < -0.3 is 5.11 Å². The molecular formula is C22H29NO. The van der Waals surface area contributed by atoms with Gasteiger partial charge in [-0.15, -0.1) is 0 Å². The van der Waals surface area contributed by atoms with Crippen LogP contribution in [0.15, 0.2) is 60.8 Å². The Balaban J connectivity index is 2.00. The van der Waals surface area contributed by atoms with E-state index in [0.717, 1.165) is 30.5 Å². The lowest BCUT2D eigenvalue weighted by Crippen LogP contribution is -2.12. The molecule has 0 aliphatic rings. The average molecular weight is 323 g/mol. The lowest BCUT2D eigenvalue weighted by atomic mass is 9.97. The Morgan fingerprint density at radius 1 is 1.04 bits per heavy atom. The maximum atomic E-state index is 10.7. The van der Waals surface area contributed by atoms with Crippen molar-refractivity contribution in [2.45, 2.75) is 58.0 Å². The normalized spacial score (nSPS) is 13.0. The van der Waals surface area contributed by atoms with Crippen LogP contribution in [-0.4, -0.2) is 16.2 Å². The lowest BCUT2D eigenvalue weighted by Gasteiger charge is -2.15. The SMILES string of the molecule is CCCCCCC=C(c1ccccn1)C(O)CCc1ccccc1. The molecule has 1 aromatic heterocycles. The standard InChI is InChI=1S/C22H29NO/c1-2-3-4-5-9-14-20(21-15-10-11-18-23-21)22(24)17-16-19-12-7-6-8-13-19/h6-8,10-15,18,22,24H,2-5,9,16-17H2,1H3. The third-order valence-corrected chi connectivity index (χ3v) is 4.29. The van der Waals surface area contributed by atoms with Gasteiger partial charge in [-0.1, -0.05) is 68.7 Å². The highest BCUT2D eigenvalue weighted by atomic mass is 16.3. The molecule has 24 heavy (non-hydrogen) atoms. The molecule has 2 nitrogen and oxygen atoms in total. The fourth-order valence-electron chi connectivity index (χ4n) is 2.88. The summed E-state index contributed by atoms with van der Waals surface area (Å²) in [5.41, 5.74) is 3.14. The molecule has 2 rings (SSSR count). The second-order valence-corrected chi connectivity index (χ2v) is 6.26. The van der Waals surface area contributed by atoms with Gasteiger partial charge in [0, 0.05) is 11.8 Å². The average Bonchev–Trinajstić information content (AvgIpc) is 2.64. The smallest absolute Gasteiger partial charge is 0.0811 e. The molecule has 128 valence electrons. The molecule has 1 atom stereocenters. The Labute approximate surface area is 146 Å². The van der Waals surface area contributed by atoms with Crippen LogP contribution in [0, 0.1) is 0 Å². The van der Waals surface area contributed by atoms with E-state index < -0.39 is 6.10 Å². The number of aliphatic hydroxyl groups excluding tert-OH is 1. The van der Waals surface area contributed by atoms with Gasteiger partial charge in [0.05, 0.1) is 11.8 Å². The van der Waals surface area contributed by atoms with Crippen molar-refractivity contribution in [3.63, 3.8) is 0 Å². The van der Waals surface area contributed by atoms with Crippen molar-refractivity contribution in [2.24, 2.45) is 0 Å². The van der Waals surface area contributed by atoms with Crippen molar-refractivity contribution < 1.29 is 5.11 Å². The highest BCUT2D eigenvalue weighted by Crippen LogP contribution is 2.21. The van der Waals surface area contributed by atoms with E-state index in [1.54, 1.807) is 6.20 Å². The van der Waals surface area contributed by atoms with Crippen LogP contribution in [0.5, 0.6) is 0 Å². The summed E-state index contributed by atoms with van der Waals surface area (Å²) >= 11 is 0. The van der Waals surface area contributed by atoms with Gasteiger partial charge in [-0.05, 0) is 43.4 Å². The highest BCUT2D eigenvalue weighted by molar-refractivity contribution is 5.65. The maximum absolute atomic E-state index is 10.7. The molecule has 0 aliphatic heterocycles. The zero-order valence-corrected chi connectivity index (χ0v) is 14.7. The van der Waals surface area contributed by atoms with Crippen LogP contribution < -0.4 is 0 Å². The van der Waals surface area contributed by atoms with Gasteiger partial charge >= 0.3 is 0 Å². The predicted octanol–water partition coefficient (Wildman–Crippen LogP) is 5.43. The van der Waals surface area contributed by atoms with Crippen molar-refractivity contribution in [1.82, 2.24) is 4.98 Å². The Morgan fingerprint density at radius 2 is 1.83 bits per heavy atom. The summed E-state index contributed by atoms with van der Waals surface area (Å²) in [5.74, 6) is 0. The molecule has 1 N–H and O–H groups in total. The number of hydrogen-bond acceptors (Lipinski definition) is 2. The molecule has 1 heterocycles. The van der Waals surface area contributed by atoms with Crippen LogP contribution in [0.3, 0.4) is 0 Å². The predicted molar refractivity (Wildman–Crippen MR) is 102 cm³/mol. The first-order chi connectivity index (χ1) is 11.8. The minimum absolute atomic E-state index is 0.466. The number of hydrogen-bond donors (Lipinski definition) is 1. The summed E-state index contributed by atoms with van der Waals surface area (Å²) in [6.45, 7) is 2.22. The number of aromatic nitrogens is 1. The third-order valence-electron chi connectivity index (χ3n) is 4.29. The Morgan fingerprint density at radius 3 is 2.54 bits per heavy atom. The highest BCUT2D eigenvalue weighted by Gasteiger charge is 2.14. The zero-order valence-electron chi connectivity index (χ0n) is 14.7. The Hall–Kier alpha value is -1.93. The van der Waals surface area contributed by atoms with Crippen LogP contribution in [0.4, 0.5) is 0 Å². The second kappa shape index (κ2) is 10.8. The summed E-state index contributed by atoms with van der Waals surface area (Å²) in [7, 11) is 0. The first-order valence-corrected chi connectivity index (χ1v) is 9.14. The number of pyridine rings is 1. The minimum Gasteiger partial charge on any atom is -0.388 e. The minimum atomic E-state index is -0.466. The van der Waals surface area contributed by atoms with Gasteiger partial charge in [-0.25, -0.2) is 0 Å². The van der Waals surface area contributed by atoms with Crippen molar-refractivity contribution in [3.05, 3.63) is 72.1 Å². The third kappa shape index (κ3) is 6.29. The van der Waals surface area contributed by atoms with E-state index in [1.165, 1.54) is 31.2 Å². The topological polar surface area (TPSA) is 33.1 Å². The van der Waals surface area contributed by atoms with Gasteiger partial charge in [0.25, 0.3) is 0 Å². The number of rotatable bonds is 10. The summed E-state index contributed by atoms with van der Waals surface area (Å²) in [6, 6.07) is 16.2. The van der Waals surface area contributed by atoms with Gasteiger partial charge in [-0.3, -0.25) is 4.98 Å². The van der Waals surface area contributed by atoms with E-state index in [2.05, 4.69) is 30.1 Å². The van der Waals surface area contributed by atoms with E-state index in [9.17, 15) is 5.11 Å². The molecule has 1 aromatic carbocycles. The molecule has 2 aromatic rings. The van der Waals surface area contributed by atoms with Crippen LogP contribution in [0.1, 0.15) is 56.7 Å². The lowest BCUT2D eigenvalue weighted by molar-refractivity contribution is 0.221. The molecule has 2 heteroatoms. The van der Waals surface area contributed by atoms with Crippen molar-refractivity contribution >= 4 is 5.57 Å². The largest absolute Gasteiger partial charge is 0.388 e. The number of nitrogens with zero attached hydrogens (tertiary/aromatic N) is 1. The Kier molecular flexibility index (Phi) is 8.26. The zero-order chi connectivity index (χ0) is 17.0. The number of allylic oxidation sites excluding steroid dienone is 1. The monoisotopic (exact) mass is 323 g/mol. The van der Waals surface area contributed by atoms with E-state index in [4.69, 9.17) is 0 Å². The molecule has 1 unspecified atom stereocenters. The molecule has 0 saturated carbocycles. The maximum Gasteiger partial charge on any atom is 0.0811 e. The van der Waals surface area contributed by atoms with E-state index in [0.29, 0.717) is 0 Å². The molecule has 0 aliphatic carbocycles. The van der Waals surface area contributed by atoms with E-state index >= 15 is 0 Å². The quantitative estimate of drug-likeness (QED) is 0.591. The summed E-state index contributed by atoms with van der Waals surface area (Å²) < 4.78 is 0. The van der Waals surface area contributed by atoms with Crippen LogP contribution in [0.25, 0.3) is 5.57 Å². The van der Waals surface area contributed by atoms with Crippen molar-refractivity contribution in [3.8, 4) is 0 Å². The summed E-state index contributed by atoms with van der Waals surface area (Å²) in [5, 5.41) is 10.7. The molecule has 0 bridgehead atoms. The number of aryl methyl sites for hydroxylation is 1. The summed E-state index contributed by atoms with van der Waals surface area (Å²) in [6.07, 6.45) is 11.1. The van der Waals surface area contributed by atoms with Gasteiger partial charge in [-0.2, -0.15) is 0 Å². The van der Waals surface area contributed by atoms with E-state index in [1.807, 2.05) is 36.4 Å². The first-order valence-electron chi connectivity index (χ1n) is 9.14. The van der Waals surface area contributed by atoms with Crippen LogP contribution >= 0.6 is 0 Å². The van der Waals surface area contributed by atoms with Gasteiger partial charge in [0.15, 0.2) is 0 Å². The molecule has 0 saturated heterocycles. The molecule has 0 fully saturated rings. The number of aliphatic hydroxyl groups is 1. The fraction of sp³-hybridized carbons (Fsp3) is 0.409. The van der Waals surface area contributed by atoms with Crippen molar-refractivity contribution in [2.75, 3.05) is 0 Å². The van der Waals surface area contributed by atoms with Crippen LogP contribution in [0.2, 0.25) is 0 Å². The fourth-order valence-corrected chi connectivity index (χ4v) is 2.88. The Bertz CT molecular complexity index is 592. The van der Waals surface area contributed by atoms with Gasteiger partial charge in [0.1, 0.15) is 0 Å². The molecule has 0 amide bonds. The van der Waals surface area contributed by atoms with Crippen molar-refractivity contribution in [1.29, 1.82) is 0 Å². The number of benzene rings is 1. The molecule has 0 spiro atoms. The van der Waals surface area contributed by atoms with Gasteiger partial charge in [0.2, 0.25) is 0 Å². The van der Waals surface area contributed by atoms with Crippen LogP contribution in [-0.2, 0) is 6.42 Å². The summed E-state index contributed by atoms with van der Waals surface area (Å²) in [4.78, 5) is 4.44. The number of unbranched alkanes of at least 4 members (excludes halogenated alkanes) is 4. The molecular weight excluding hydrogens is 294 g/mol.